The van der Waals surface area contributed by atoms with Crippen molar-refractivity contribution in [3.63, 3.8) is 0 Å². The fourth-order valence-corrected chi connectivity index (χ4v) is 5.59. The first-order chi connectivity index (χ1) is 17.9. The Labute approximate surface area is 216 Å². The van der Waals surface area contributed by atoms with Crippen LogP contribution in [0.2, 0.25) is 0 Å². The van der Waals surface area contributed by atoms with Crippen molar-refractivity contribution >= 4 is 23.8 Å². The van der Waals surface area contributed by atoms with E-state index in [1.165, 1.54) is 0 Å². The number of carbonyl (C=O) groups excluding carboxylic acids is 1. The summed E-state index contributed by atoms with van der Waals surface area (Å²) in [6, 6.07) is 22.3. The number of nitrogens with zero attached hydrogens (tertiary/aromatic N) is 4. The van der Waals surface area contributed by atoms with Gasteiger partial charge in [-0.25, -0.2) is 4.98 Å². The van der Waals surface area contributed by atoms with E-state index in [0.29, 0.717) is 37.1 Å². The van der Waals surface area contributed by atoms with Gasteiger partial charge in [-0.3, -0.25) is 14.6 Å². The number of benzene rings is 2. The number of hydrogen-bond donors (Lipinski definition) is 2. The Morgan fingerprint density at radius 3 is 2.38 bits per heavy atom. The second kappa shape index (κ2) is 10.1. The highest BCUT2D eigenvalue weighted by Crippen LogP contribution is 2.50. The van der Waals surface area contributed by atoms with Crippen LogP contribution in [0.4, 0.5) is 5.82 Å². The zero-order valence-electron chi connectivity index (χ0n) is 20.7. The molecule has 2 unspecified atom stereocenters. The highest BCUT2D eigenvalue weighted by atomic mass is 16.4. The zero-order chi connectivity index (χ0) is 25.9. The first-order valence-electron chi connectivity index (χ1n) is 12.6. The number of nitrogens with two attached hydrogens (primary N) is 1. The van der Waals surface area contributed by atoms with Gasteiger partial charge < -0.3 is 15.7 Å². The van der Waals surface area contributed by atoms with E-state index in [1.54, 1.807) is 36.7 Å². The number of carbonyl (C=O) groups is 2. The number of aliphatic carboxylic acids is 1. The molecule has 1 aliphatic heterocycles. The molecule has 1 fully saturated rings. The molecule has 190 valence electrons. The number of piperazine rings is 1. The van der Waals surface area contributed by atoms with E-state index in [1.807, 2.05) is 53.5 Å². The van der Waals surface area contributed by atoms with E-state index in [2.05, 4.69) is 9.88 Å². The smallest absolute Gasteiger partial charge is 0.304 e. The fourth-order valence-electron chi connectivity index (χ4n) is 5.59. The van der Waals surface area contributed by atoms with Gasteiger partial charge in [0.15, 0.2) is 5.78 Å². The monoisotopic (exact) mass is 497 g/mol. The number of Topliss-reactive ketones (excluding diaryl/α,β-unsaturated/α-hetero) is 1. The lowest BCUT2D eigenvalue weighted by Crippen LogP contribution is -2.62. The summed E-state index contributed by atoms with van der Waals surface area (Å²) in [7, 11) is 0. The van der Waals surface area contributed by atoms with Crippen LogP contribution in [0.5, 0.6) is 0 Å². The normalized spacial score (nSPS) is 23.6. The topological polar surface area (TPSA) is 112 Å². The SMILES string of the molecule is NC1(C(=O)c2ccccc2)c2ccccc2CCC1(C=NN1CCN(c2ccccn2)CC1)CC(=O)O. The average molecular weight is 498 g/mol. The van der Waals surface area contributed by atoms with Crippen molar-refractivity contribution in [3.8, 4) is 0 Å². The number of fused-ring (bicyclic) bond motifs is 1. The van der Waals surface area contributed by atoms with E-state index >= 15 is 0 Å². The molecule has 1 saturated heterocycles. The summed E-state index contributed by atoms with van der Waals surface area (Å²) in [5.41, 5.74) is 6.46. The lowest BCUT2D eigenvalue weighted by Gasteiger charge is -2.49. The van der Waals surface area contributed by atoms with Gasteiger partial charge >= 0.3 is 5.97 Å². The van der Waals surface area contributed by atoms with E-state index in [-0.39, 0.29) is 12.2 Å². The molecular weight excluding hydrogens is 466 g/mol. The molecule has 1 aliphatic carbocycles. The summed E-state index contributed by atoms with van der Waals surface area (Å²) < 4.78 is 0. The second-order valence-electron chi connectivity index (χ2n) is 9.76. The molecule has 8 nitrogen and oxygen atoms in total. The van der Waals surface area contributed by atoms with Gasteiger partial charge in [-0.05, 0) is 36.1 Å². The minimum Gasteiger partial charge on any atom is -0.481 e. The largest absolute Gasteiger partial charge is 0.481 e. The number of anilines is 1. The quantitative estimate of drug-likeness (QED) is 0.380. The Hall–Kier alpha value is -4.04. The van der Waals surface area contributed by atoms with Crippen LogP contribution in [0, 0.1) is 5.41 Å². The highest BCUT2D eigenvalue weighted by molar-refractivity contribution is 6.07. The number of rotatable bonds is 7. The summed E-state index contributed by atoms with van der Waals surface area (Å²) in [6.45, 7) is 2.77. The van der Waals surface area contributed by atoms with Gasteiger partial charge in [0.2, 0.25) is 0 Å². The molecule has 0 bridgehead atoms. The van der Waals surface area contributed by atoms with Crippen molar-refractivity contribution in [3.05, 3.63) is 95.7 Å². The van der Waals surface area contributed by atoms with Gasteiger partial charge in [-0.15, -0.1) is 0 Å². The summed E-state index contributed by atoms with van der Waals surface area (Å²) in [6.07, 6.45) is 4.16. The molecule has 2 atom stereocenters. The third kappa shape index (κ3) is 4.60. The maximum absolute atomic E-state index is 14.1. The molecule has 2 aliphatic rings. The van der Waals surface area contributed by atoms with E-state index < -0.39 is 16.9 Å². The molecule has 3 N–H and O–H groups in total. The van der Waals surface area contributed by atoms with Crippen molar-refractivity contribution in [2.75, 3.05) is 31.1 Å². The maximum atomic E-state index is 14.1. The van der Waals surface area contributed by atoms with Crippen LogP contribution in [0.1, 0.15) is 34.3 Å². The van der Waals surface area contributed by atoms with Crippen molar-refractivity contribution in [2.24, 2.45) is 16.3 Å². The van der Waals surface area contributed by atoms with E-state index in [0.717, 1.165) is 24.5 Å². The number of ketones is 1. The lowest BCUT2D eigenvalue weighted by atomic mass is 9.56. The number of pyridine rings is 1. The number of carboxylic acids is 1. The van der Waals surface area contributed by atoms with Crippen LogP contribution in [0.25, 0.3) is 0 Å². The molecule has 37 heavy (non-hydrogen) atoms. The van der Waals surface area contributed by atoms with Gasteiger partial charge in [-0.1, -0.05) is 60.7 Å². The Kier molecular flexibility index (Phi) is 6.76. The van der Waals surface area contributed by atoms with Gasteiger partial charge in [0.25, 0.3) is 0 Å². The number of hydrazone groups is 1. The second-order valence-corrected chi connectivity index (χ2v) is 9.76. The Morgan fingerprint density at radius 1 is 0.973 bits per heavy atom. The van der Waals surface area contributed by atoms with E-state index in [4.69, 9.17) is 10.8 Å². The van der Waals surface area contributed by atoms with Crippen LogP contribution >= 0.6 is 0 Å². The van der Waals surface area contributed by atoms with Crippen LogP contribution in [0.15, 0.2) is 84.1 Å². The summed E-state index contributed by atoms with van der Waals surface area (Å²) in [5.74, 6) is -0.388. The first kappa shape index (κ1) is 24.6. The minimum absolute atomic E-state index is 0.298. The van der Waals surface area contributed by atoms with Gasteiger partial charge in [0.1, 0.15) is 11.4 Å². The molecule has 8 heteroatoms. The number of hydrogen-bond acceptors (Lipinski definition) is 7. The summed E-state index contributed by atoms with van der Waals surface area (Å²) >= 11 is 0. The summed E-state index contributed by atoms with van der Waals surface area (Å²) in [4.78, 5) is 33.0. The Bertz CT molecular complexity index is 1290. The molecule has 0 saturated carbocycles. The van der Waals surface area contributed by atoms with Crippen molar-refractivity contribution < 1.29 is 14.7 Å². The van der Waals surface area contributed by atoms with Crippen molar-refractivity contribution in [2.45, 2.75) is 24.8 Å². The van der Waals surface area contributed by atoms with Gasteiger partial charge in [0.05, 0.1) is 19.5 Å². The molecule has 5 rings (SSSR count). The van der Waals surface area contributed by atoms with Crippen LogP contribution < -0.4 is 10.6 Å². The molecule has 0 radical (unpaired) electrons. The minimum atomic E-state index is -1.58. The van der Waals surface area contributed by atoms with Crippen molar-refractivity contribution in [1.82, 2.24) is 9.99 Å². The molecule has 0 amide bonds. The Morgan fingerprint density at radius 2 is 1.68 bits per heavy atom. The highest BCUT2D eigenvalue weighted by Gasteiger charge is 2.58. The van der Waals surface area contributed by atoms with E-state index in [9.17, 15) is 14.7 Å². The average Bonchev–Trinajstić information content (AvgIpc) is 2.94. The lowest BCUT2D eigenvalue weighted by molar-refractivity contribution is -0.139. The first-order valence-corrected chi connectivity index (χ1v) is 12.6. The molecule has 0 spiro atoms. The van der Waals surface area contributed by atoms with Crippen LogP contribution in [0.3, 0.4) is 0 Å². The molecule has 2 aromatic carbocycles. The van der Waals surface area contributed by atoms with Crippen LogP contribution in [-0.4, -0.2) is 59.2 Å². The Balaban J connectivity index is 1.50. The molecule has 3 aromatic rings. The number of aryl methyl sites for hydroxylation is 1. The summed E-state index contributed by atoms with van der Waals surface area (Å²) in [5, 5.41) is 16.7. The van der Waals surface area contributed by atoms with Crippen molar-refractivity contribution in [1.29, 1.82) is 0 Å². The molecular formula is C29H31N5O3. The zero-order valence-corrected chi connectivity index (χ0v) is 20.7. The standard InChI is InChI=1S/C29H31N5O3/c30-29(27(37)23-9-2-1-3-10-23)24-11-5-4-8-22(24)13-14-28(29,20-26(35)36)21-32-34-18-16-33(17-19-34)25-12-6-7-15-31-25/h1-12,15,21H,13-14,16-20,30H2,(H,35,36). The van der Waals surface area contributed by atoms with Crippen LogP contribution in [-0.2, 0) is 16.8 Å². The number of aromatic nitrogens is 1. The third-order valence-corrected chi connectivity index (χ3v) is 7.63. The number of carboxylic acid groups (broad SMARTS) is 1. The van der Waals surface area contributed by atoms with Gasteiger partial charge in [0, 0.05) is 36.5 Å². The third-order valence-electron chi connectivity index (χ3n) is 7.63. The molecule has 2 heterocycles. The van der Waals surface area contributed by atoms with Gasteiger partial charge in [-0.2, -0.15) is 5.10 Å². The maximum Gasteiger partial charge on any atom is 0.304 e. The fraction of sp³-hybridized carbons (Fsp3) is 0.310. The predicted molar refractivity (Wildman–Crippen MR) is 143 cm³/mol. The predicted octanol–water partition coefficient (Wildman–Crippen LogP) is 3.33. The molecule has 1 aromatic heterocycles.